The molecular formula is C19H19ClN4O. The summed E-state index contributed by atoms with van der Waals surface area (Å²) in [5, 5.41) is 7.93. The second-order valence-electron chi connectivity index (χ2n) is 5.66. The Kier molecular flexibility index (Phi) is 5.46. The Morgan fingerprint density at radius 2 is 2.04 bits per heavy atom. The first-order valence-corrected chi connectivity index (χ1v) is 8.57. The van der Waals surface area contributed by atoms with Gasteiger partial charge in [0.25, 0.3) is 5.91 Å². The van der Waals surface area contributed by atoms with Crippen molar-refractivity contribution in [2.45, 2.75) is 26.3 Å². The third-order valence-corrected chi connectivity index (χ3v) is 4.18. The summed E-state index contributed by atoms with van der Waals surface area (Å²) < 4.78 is 1.75. The molecule has 0 aliphatic rings. The van der Waals surface area contributed by atoms with Crippen LogP contribution >= 0.6 is 11.6 Å². The Labute approximate surface area is 151 Å². The van der Waals surface area contributed by atoms with Gasteiger partial charge in [-0.15, -0.1) is 0 Å². The molecule has 0 spiro atoms. The minimum atomic E-state index is -0.148. The maximum absolute atomic E-state index is 12.6. The molecule has 0 radical (unpaired) electrons. The monoisotopic (exact) mass is 354 g/mol. The molecule has 3 aromatic rings. The van der Waals surface area contributed by atoms with Gasteiger partial charge < -0.3 is 5.32 Å². The van der Waals surface area contributed by atoms with Crippen molar-refractivity contribution in [3.05, 3.63) is 76.8 Å². The van der Waals surface area contributed by atoms with E-state index in [1.165, 1.54) is 0 Å². The number of para-hydroxylation sites is 1. The van der Waals surface area contributed by atoms with E-state index in [4.69, 9.17) is 11.6 Å². The van der Waals surface area contributed by atoms with Gasteiger partial charge in [0, 0.05) is 18.9 Å². The van der Waals surface area contributed by atoms with E-state index in [1.807, 2.05) is 36.4 Å². The SMILES string of the molecule is CCCc1c(C(=O)NCc2cccnc2)cnn1-c1ccccc1Cl. The normalized spacial score (nSPS) is 10.6. The predicted molar refractivity (Wildman–Crippen MR) is 98.0 cm³/mol. The number of nitrogens with zero attached hydrogens (tertiary/aromatic N) is 3. The molecule has 0 bridgehead atoms. The van der Waals surface area contributed by atoms with E-state index in [1.54, 1.807) is 23.3 Å². The van der Waals surface area contributed by atoms with Gasteiger partial charge >= 0.3 is 0 Å². The number of amides is 1. The van der Waals surface area contributed by atoms with E-state index < -0.39 is 0 Å². The van der Waals surface area contributed by atoms with Gasteiger partial charge in [-0.05, 0) is 30.2 Å². The van der Waals surface area contributed by atoms with Crippen LogP contribution in [0.15, 0.2) is 55.0 Å². The fraction of sp³-hybridized carbons (Fsp3) is 0.211. The number of pyridine rings is 1. The lowest BCUT2D eigenvalue weighted by Crippen LogP contribution is -2.24. The molecular weight excluding hydrogens is 336 g/mol. The number of halogens is 1. The van der Waals surface area contributed by atoms with Crippen molar-refractivity contribution in [3.8, 4) is 5.69 Å². The molecule has 25 heavy (non-hydrogen) atoms. The van der Waals surface area contributed by atoms with E-state index >= 15 is 0 Å². The standard InChI is InChI=1S/C19H19ClN4O/c1-2-6-17-15(19(25)22-12-14-7-5-10-21-11-14)13-23-24(17)18-9-4-3-8-16(18)20/h3-5,7-11,13H,2,6,12H2,1H3,(H,22,25). The molecule has 0 aliphatic carbocycles. The number of carbonyl (C=O) groups excluding carboxylic acids is 1. The lowest BCUT2D eigenvalue weighted by atomic mass is 10.1. The number of nitrogens with one attached hydrogen (secondary N) is 1. The van der Waals surface area contributed by atoms with Crippen LogP contribution < -0.4 is 5.32 Å². The molecule has 128 valence electrons. The molecule has 2 aromatic heterocycles. The molecule has 5 nitrogen and oxygen atoms in total. The largest absolute Gasteiger partial charge is 0.348 e. The lowest BCUT2D eigenvalue weighted by Gasteiger charge is -2.10. The second kappa shape index (κ2) is 7.94. The highest BCUT2D eigenvalue weighted by Crippen LogP contribution is 2.23. The van der Waals surface area contributed by atoms with Crippen molar-refractivity contribution in [1.82, 2.24) is 20.1 Å². The highest BCUT2D eigenvalue weighted by atomic mass is 35.5. The Hall–Kier alpha value is -2.66. The molecule has 2 heterocycles. The van der Waals surface area contributed by atoms with E-state index in [0.717, 1.165) is 29.8 Å². The molecule has 1 aromatic carbocycles. The van der Waals surface area contributed by atoms with Crippen LogP contribution in [0.3, 0.4) is 0 Å². The van der Waals surface area contributed by atoms with Crippen LogP contribution in [-0.2, 0) is 13.0 Å². The van der Waals surface area contributed by atoms with Crippen molar-refractivity contribution in [2.24, 2.45) is 0 Å². The van der Waals surface area contributed by atoms with Crippen LogP contribution in [-0.4, -0.2) is 20.7 Å². The summed E-state index contributed by atoms with van der Waals surface area (Å²) >= 11 is 6.29. The van der Waals surface area contributed by atoms with E-state index in [0.29, 0.717) is 17.1 Å². The van der Waals surface area contributed by atoms with E-state index in [9.17, 15) is 4.79 Å². The summed E-state index contributed by atoms with van der Waals surface area (Å²) in [5.74, 6) is -0.148. The van der Waals surface area contributed by atoms with E-state index in [2.05, 4.69) is 22.3 Å². The fourth-order valence-electron chi connectivity index (χ4n) is 2.65. The zero-order valence-corrected chi connectivity index (χ0v) is 14.7. The van der Waals surface area contributed by atoms with Crippen molar-refractivity contribution < 1.29 is 4.79 Å². The number of rotatable bonds is 6. The summed E-state index contributed by atoms with van der Waals surface area (Å²) in [4.78, 5) is 16.7. The average Bonchev–Trinajstić information content (AvgIpc) is 3.05. The Balaban J connectivity index is 1.86. The highest BCUT2D eigenvalue weighted by Gasteiger charge is 2.18. The van der Waals surface area contributed by atoms with Crippen LogP contribution in [0.2, 0.25) is 5.02 Å². The van der Waals surface area contributed by atoms with Gasteiger partial charge in [0.05, 0.1) is 28.2 Å². The molecule has 1 amide bonds. The number of hydrogen-bond acceptors (Lipinski definition) is 3. The summed E-state index contributed by atoms with van der Waals surface area (Å²) in [5.41, 5.74) is 3.16. The molecule has 0 aliphatic heterocycles. The quantitative estimate of drug-likeness (QED) is 0.732. The average molecular weight is 355 g/mol. The second-order valence-corrected chi connectivity index (χ2v) is 6.07. The van der Waals surface area contributed by atoms with Crippen LogP contribution in [0.4, 0.5) is 0 Å². The molecule has 0 unspecified atom stereocenters. The summed E-state index contributed by atoms with van der Waals surface area (Å²) in [6, 6.07) is 11.3. The molecule has 3 rings (SSSR count). The van der Waals surface area contributed by atoms with Gasteiger partial charge in [0.1, 0.15) is 0 Å². The highest BCUT2D eigenvalue weighted by molar-refractivity contribution is 6.32. The van der Waals surface area contributed by atoms with Crippen LogP contribution in [0.25, 0.3) is 5.69 Å². The van der Waals surface area contributed by atoms with Gasteiger partial charge in [0.15, 0.2) is 0 Å². The zero-order valence-electron chi connectivity index (χ0n) is 13.9. The van der Waals surface area contributed by atoms with Gasteiger partial charge in [-0.2, -0.15) is 5.10 Å². The van der Waals surface area contributed by atoms with Gasteiger partial charge in [0.2, 0.25) is 0 Å². The molecule has 0 saturated heterocycles. The molecule has 0 atom stereocenters. The number of aromatic nitrogens is 3. The van der Waals surface area contributed by atoms with E-state index in [-0.39, 0.29) is 5.91 Å². The molecule has 0 fully saturated rings. The van der Waals surface area contributed by atoms with Gasteiger partial charge in [-0.25, -0.2) is 4.68 Å². The minimum Gasteiger partial charge on any atom is -0.348 e. The smallest absolute Gasteiger partial charge is 0.255 e. The first kappa shape index (κ1) is 17.2. The zero-order chi connectivity index (χ0) is 17.6. The summed E-state index contributed by atoms with van der Waals surface area (Å²) in [6.45, 7) is 2.50. The number of carbonyl (C=O) groups is 1. The molecule has 0 saturated carbocycles. The van der Waals surface area contributed by atoms with Crippen molar-refractivity contribution in [3.63, 3.8) is 0 Å². The van der Waals surface area contributed by atoms with Crippen LogP contribution in [0.1, 0.15) is 35.0 Å². The lowest BCUT2D eigenvalue weighted by molar-refractivity contribution is 0.0950. The Morgan fingerprint density at radius 1 is 1.20 bits per heavy atom. The van der Waals surface area contributed by atoms with Crippen molar-refractivity contribution >= 4 is 17.5 Å². The molecule has 1 N–H and O–H groups in total. The Bertz CT molecular complexity index is 861. The Morgan fingerprint density at radius 3 is 2.76 bits per heavy atom. The summed E-state index contributed by atoms with van der Waals surface area (Å²) in [6.07, 6.45) is 6.69. The molecule has 6 heteroatoms. The van der Waals surface area contributed by atoms with Gasteiger partial charge in [-0.3, -0.25) is 9.78 Å². The first-order valence-electron chi connectivity index (χ1n) is 8.19. The third-order valence-electron chi connectivity index (χ3n) is 3.86. The van der Waals surface area contributed by atoms with Gasteiger partial charge in [-0.1, -0.05) is 43.1 Å². The topological polar surface area (TPSA) is 59.8 Å². The number of hydrogen-bond donors (Lipinski definition) is 1. The number of benzene rings is 1. The van der Waals surface area contributed by atoms with Crippen molar-refractivity contribution in [2.75, 3.05) is 0 Å². The summed E-state index contributed by atoms with van der Waals surface area (Å²) in [7, 11) is 0. The first-order chi connectivity index (χ1) is 12.2. The van der Waals surface area contributed by atoms with Crippen molar-refractivity contribution in [1.29, 1.82) is 0 Å². The maximum Gasteiger partial charge on any atom is 0.255 e. The fourth-order valence-corrected chi connectivity index (χ4v) is 2.87. The predicted octanol–water partition coefficient (Wildman–Crippen LogP) is 3.80. The third kappa shape index (κ3) is 3.88. The minimum absolute atomic E-state index is 0.148. The van der Waals surface area contributed by atoms with Crippen LogP contribution in [0.5, 0.6) is 0 Å². The maximum atomic E-state index is 12.6. The van der Waals surface area contributed by atoms with Crippen LogP contribution in [0, 0.1) is 0 Å².